The van der Waals surface area contributed by atoms with Crippen LogP contribution in [0.5, 0.6) is 0 Å². The molecule has 240 valence electrons. The molecule has 2 aliphatic rings. The van der Waals surface area contributed by atoms with E-state index < -0.39 is 110 Å². The number of esters is 6. The van der Waals surface area contributed by atoms with E-state index in [0.29, 0.717) is 0 Å². The molecule has 2 fully saturated rings. The third-order valence-electron chi connectivity index (χ3n) is 5.81. The third-order valence-corrected chi connectivity index (χ3v) is 5.81. The summed E-state index contributed by atoms with van der Waals surface area (Å²) < 4.78 is 48.8. The first-order valence-corrected chi connectivity index (χ1v) is 12.8. The Morgan fingerprint density at radius 3 is 1.56 bits per heavy atom. The fourth-order valence-corrected chi connectivity index (χ4v) is 4.37. The van der Waals surface area contributed by atoms with Gasteiger partial charge in [-0.25, -0.2) is 0 Å². The van der Waals surface area contributed by atoms with E-state index in [1.807, 2.05) is 0 Å². The summed E-state index contributed by atoms with van der Waals surface area (Å²) in [5, 5.41) is 13.9. The first-order valence-electron chi connectivity index (χ1n) is 12.8. The lowest BCUT2D eigenvalue weighted by molar-refractivity contribution is -0.346. The van der Waals surface area contributed by atoms with Gasteiger partial charge in [0.15, 0.2) is 30.9 Å². The molecule has 0 radical (unpaired) electrons. The van der Waals surface area contributed by atoms with Gasteiger partial charge in [-0.2, -0.15) is 0 Å². The topological polar surface area (TPSA) is 254 Å². The maximum atomic E-state index is 12.1. The van der Waals surface area contributed by atoms with Crippen molar-refractivity contribution in [2.45, 2.75) is 103 Å². The normalized spacial score (nSPS) is 31.8. The van der Waals surface area contributed by atoms with E-state index >= 15 is 0 Å². The van der Waals surface area contributed by atoms with E-state index in [9.17, 15) is 33.9 Å². The number of hydrogen-bond acceptors (Lipinski definition) is 17. The Bertz CT molecular complexity index is 1110. The summed E-state index contributed by atoms with van der Waals surface area (Å²) >= 11 is 0. The van der Waals surface area contributed by atoms with Crippen molar-refractivity contribution in [2.75, 3.05) is 13.2 Å². The summed E-state index contributed by atoms with van der Waals surface area (Å²) in [6.07, 6.45) is -14.4. The van der Waals surface area contributed by atoms with Crippen LogP contribution in [0.4, 0.5) is 0 Å². The lowest BCUT2D eigenvalue weighted by atomic mass is 9.95. The molecular formula is C24H33N3O16. The number of azide groups is 1. The number of aliphatic hydroxyl groups excluding tert-OH is 1. The quantitative estimate of drug-likeness (QED) is 0.0990. The Balaban J connectivity index is 2.66. The molecule has 19 nitrogen and oxygen atoms in total. The zero-order valence-electron chi connectivity index (χ0n) is 24.1. The minimum atomic E-state index is -1.86. The highest BCUT2D eigenvalue weighted by Gasteiger charge is 2.56. The molecule has 0 amide bonds. The van der Waals surface area contributed by atoms with Gasteiger partial charge in [-0.05, 0) is 5.53 Å². The SMILES string of the molecule is CC(=O)OCC1O[C@@H](O[C@@H]2C(COC(C)=O)O[C@@H](O)C(N=[N+]=[N-])[C@H]2OC(C)=O)C(OC(C)=O)[C@@H](OC(C)=O)[C@@H]1OC(C)=O. The van der Waals surface area contributed by atoms with Crippen LogP contribution in [0.3, 0.4) is 0 Å². The van der Waals surface area contributed by atoms with Crippen molar-refractivity contribution in [3.63, 3.8) is 0 Å². The lowest BCUT2D eigenvalue weighted by Gasteiger charge is -2.48. The molecule has 2 heterocycles. The summed E-state index contributed by atoms with van der Waals surface area (Å²) in [6.45, 7) is 5.12. The van der Waals surface area contributed by atoms with Crippen molar-refractivity contribution < 1.29 is 76.5 Å². The van der Waals surface area contributed by atoms with E-state index in [2.05, 4.69) is 10.0 Å². The van der Waals surface area contributed by atoms with Gasteiger partial charge in [0, 0.05) is 46.5 Å². The molecule has 0 aromatic carbocycles. The van der Waals surface area contributed by atoms with Crippen LogP contribution in [0.2, 0.25) is 0 Å². The highest BCUT2D eigenvalue weighted by Crippen LogP contribution is 2.34. The highest BCUT2D eigenvalue weighted by molar-refractivity contribution is 5.69. The standard InChI is InChI=1S/C24H33N3O16/c1-9(28)35-7-15-18(20(38-12(4)31)17(26-27-25)23(34)41-15)43-24-22(40-14(6)33)21(39-13(5)32)19(37-11(3)30)16(42-24)8-36-10(2)29/h15-24,34H,7-8H2,1-6H3/t15?,16?,17?,18-,19-,20-,21+,22?,23-,24+/m1/s1. The Hall–Kier alpha value is -4.03. The Morgan fingerprint density at radius 2 is 1.09 bits per heavy atom. The van der Waals surface area contributed by atoms with Crippen LogP contribution in [-0.4, -0.2) is 115 Å². The average molecular weight is 620 g/mol. The highest BCUT2D eigenvalue weighted by atomic mass is 16.8. The lowest BCUT2D eigenvalue weighted by Crippen LogP contribution is -2.66. The average Bonchev–Trinajstić information content (AvgIpc) is 2.87. The van der Waals surface area contributed by atoms with E-state index in [4.69, 9.17) is 48.2 Å². The van der Waals surface area contributed by atoms with E-state index in [0.717, 1.165) is 41.5 Å². The molecule has 0 aromatic heterocycles. The zero-order valence-corrected chi connectivity index (χ0v) is 24.1. The second-order valence-electron chi connectivity index (χ2n) is 9.31. The number of ether oxygens (including phenoxy) is 9. The number of aliphatic hydroxyl groups is 1. The summed E-state index contributed by atoms with van der Waals surface area (Å²) in [7, 11) is 0. The van der Waals surface area contributed by atoms with Gasteiger partial charge < -0.3 is 47.7 Å². The van der Waals surface area contributed by atoms with Gasteiger partial charge in [0.1, 0.15) is 43.7 Å². The predicted molar refractivity (Wildman–Crippen MR) is 133 cm³/mol. The Kier molecular flexibility index (Phi) is 13.1. The summed E-state index contributed by atoms with van der Waals surface area (Å²) in [5.41, 5.74) is 9.06. The molecule has 1 N–H and O–H groups in total. The van der Waals surface area contributed by atoms with Crippen LogP contribution in [-0.2, 0) is 71.4 Å². The first kappa shape index (κ1) is 35.2. The molecule has 43 heavy (non-hydrogen) atoms. The van der Waals surface area contributed by atoms with Crippen LogP contribution in [0, 0.1) is 0 Å². The second kappa shape index (κ2) is 16.0. The Morgan fingerprint density at radius 1 is 0.651 bits per heavy atom. The molecule has 0 aromatic rings. The van der Waals surface area contributed by atoms with Gasteiger partial charge in [-0.1, -0.05) is 5.11 Å². The van der Waals surface area contributed by atoms with Crippen molar-refractivity contribution in [2.24, 2.45) is 5.11 Å². The largest absolute Gasteiger partial charge is 0.463 e. The van der Waals surface area contributed by atoms with Gasteiger partial charge in [0.25, 0.3) is 0 Å². The van der Waals surface area contributed by atoms with E-state index in [1.54, 1.807) is 0 Å². The second-order valence-corrected chi connectivity index (χ2v) is 9.31. The van der Waals surface area contributed by atoms with Crippen LogP contribution in [0.25, 0.3) is 10.4 Å². The van der Waals surface area contributed by atoms with Crippen molar-refractivity contribution in [1.29, 1.82) is 0 Å². The monoisotopic (exact) mass is 619 g/mol. The molecule has 4 unspecified atom stereocenters. The number of nitrogens with zero attached hydrogens (tertiary/aromatic N) is 3. The number of carbonyl (C=O) groups is 6. The molecule has 2 saturated heterocycles. The van der Waals surface area contributed by atoms with Gasteiger partial charge in [0.2, 0.25) is 0 Å². The Labute approximate surface area is 244 Å². The smallest absolute Gasteiger partial charge is 0.303 e. The molecule has 2 aliphatic heterocycles. The first-order chi connectivity index (χ1) is 20.1. The molecular weight excluding hydrogens is 586 g/mol. The number of carbonyl (C=O) groups excluding carboxylic acids is 6. The summed E-state index contributed by atoms with van der Waals surface area (Å²) in [5.74, 6) is -5.09. The molecule has 0 aliphatic carbocycles. The number of rotatable bonds is 11. The van der Waals surface area contributed by atoms with Gasteiger partial charge in [-0.15, -0.1) is 0 Å². The van der Waals surface area contributed by atoms with Crippen molar-refractivity contribution in [1.82, 2.24) is 0 Å². The van der Waals surface area contributed by atoms with Crippen molar-refractivity contribution in [3.8, 4) is 0 Å². The van der Waals surface area contributed by atoms with E-state index in [-0.39, 0.29) is 0 Å². The van der Waals surface area contributed by atoms with Crippen LogP contribution in [0.15, 0.2) is 5.11 Å². The van der Waals surface area contributed by atoms with Gasteiger partial charge >= 0.3 is 35.8 Å². The minimum absolute atomic E-state index is 0.566. The van der Waals surface area contributed by atoms with Crippen LogP contribution in [0.1, 0.15) is 41.5 Å². The minimum Gasteiger partial charge on any atom is -0.463 e. The molecule has 10 atom stereocenters. The fourth-order valence-electron chi connectivity index (χ4n) is 4.37. The van der Waals surface area contributed by atoms with Crippen molar-refractivity contribution in [3.05, 3.63) is 10.4 Å². The van der Waals surface area contributed by atoms with Gasteiger partial charge in [-0.3, -0.25) is 28.8 Å². The molecule has 2 rings (SSSR count). The maximum absolute atomic E-state index is 12.1. The molecule has 0 spiro atoms. The number of hydrogen-bond donors (Lipinski definition) is 1. The third kappa shape index (κ3) is 10.3. The molecule has 0 saturated carbocycles. The van der Waals surface area contributed by atoms with E-state index in [1.165, 1.54) is 0 Å². The predicted octanol–water partition coefficient (Wildman–Crippen LogP) is -0.654. The fraction of sp³-hybridized carbons (Fsp3) is 0.750. The van der Waals surface area contributed by atoms with Crippen LogP contribution >= 0.6 is 0 Å². The molecule has 19 heteroatoms. The zero-order chi connectivity index (χ0) is 32.4. The van der Waals surface area contributed by atoms with Gasteiger partial charge in [0.05, 0.1) is 0 Å². The summed E-state index contributed by atoms with van der Waals surface area (Å²) in [4.78, 5) is 74.0. The van der Waals surface area contributed by atoms with Crippen molar-refractivity contribution >= 4 is 35.8 Å². The van der Waals surface area contributed by atoms with Crippen LogP contribution < -0.4 is 0 Å². The summed E-state index contributed by atoms with van der Waals surface area (Å²) in [6, 6.07) is -1.60. The maximum Gasteiger partial charge on any atom is 0.303 e. The molecule has 0 bridgehead atoms.